The van der Waals surface area contributed by atoms with Crippen LogP contribution in [0.15, 0.2) is 48.2 Å². The lowest BCUT2D eigenvalue weighted by molar-refractivity contribution is -0.112. The molecule has 2 aromatic rings. The Morgan fingerprint density at radius 1 is 0.925 bits per heavy atom. The molecule has 0 radical (unpaired) electrons. The lowest BCUT2D eigenvalue weighted by atomic mass is 9.79. The number of hydrogen-bond acceptors (Lipinski definition) is 7. The van der Waals surface area contributed by atoms with Gasteiger partial charge in [-0.1, -0.05) is 53.7 Å². The first-order valence-corrected chi connectivity index (χ1v) is 13.7. The topological polar surface area (TPSA) is 97.0 Å². The van der Waals surface area contributed by atoms with E-state index in [-0.39, 0.29) is 27.9 Å². The zero-order chi connectivity index (χ0) is 29.8. The summed E-state index contributed by atoms with van der Waals surface area (Å²) in [5, 5.41) is 6.41. The van der Waals surface area contributed by atoms with Crippen molar-refractivity contribution in [3.63, 3.8) is 0 Å². The summed E-state index contributed by atoms with van der Waals surface area (Å²) < 4.78 is 10.3. The van der Waals surface area contributed by atoms with Gasteiger partial charge in [0, 0.05) is 54.9 Å². The van der Waals surface area contributed by atoms with Gasteiger partial charge in [0.2, 0.25) is 5.78 Å². The first kappa shape index (κ1) is 30.7. The molecule has 2 aromatic carbocycles. The molecule has 0 spiro atoms. The third kappa shape index (κ3) is 7.43. The molecular formula is C32H43N3O5. The van der Waals surface area contributed by atoms with E-state index in [1.54, 1.807) is 37.2 Å². The van der Waals surface area contributed by atoms with Crippen molar-refractivity contribution in [3.05, 3.63) is 64.9 Å². The fourth-order valence-electron chi connectivity index (χ4n) is 4.50. The van der Waals surface area contributed by atoms with E-state index >= 15 is 0 Å². The maximum absolute atomic E-state index is 13.9. The van der Waals surface area contributed by atoms with Crippen molar-refractivity contribution in [3.8, 4) is 5.75 Å². The largest absolute Gasteiger partial charge is 0.513 e. The monoisotopic (exact) mass is 549 g/mol. The molecule has 1 aliphatic carbocycles. The number of amides is 1. The van der Waals surface area contributed by atoms with Gasteiger partial charge in [-0.2, -0.15) is 0 Å². The molecule has 1 saturated carbocycles. The van der Waals surface area contributed by atoms with E-state index in [0.29, 0.717) is 23.0 Å². The molecule has 0 saturated heterocycles. The summed E-state index contributed by atoms with van der Waals surface area (Å²) in [7, 11) is 4.77. The minimum Gasteiger partial charge on any atom is -0.437 e. The molecule has 216 valence electrons. The minimum absolute atomic E-state index is 0.0111. The number of nitrogens with one attached hydrogen (secondary N) is 2. The molecule has 0 unspecified atom stereocenters. The van der Waals surface area contributed by atoms with Gasteiger partial charge >= 0.3 is 6.16 Å². The summed E-state index contributed by atoms with van der Waals surface area (Å²) in [4.78, 5) is 41.5. The molecule has 0 aliphatic heterocycles. The lowest BCUT2D eigenvalue weighted by Crippen LogP contribution is -2.29. The molecule has 40 heavy (non-hydrogen) atoms. The van der Waals surface area contributed by atoms with Crippen LogP contribution in [0.4, 0.5) is 16.2 Å². The fraction of sp³-hybridized carbons (Fsp3) is 0.469. The predicted molar refractivity (Wildman–Crippen MR) is 159 cm³/mol. The normalized spacial score (nSPS) is 14.2. The van der Waals surface area contributed by atoms with Crippen molar-refractivity contribution >= 4 is 29.2 Å². The highest BCUT2D eigenvalue weighted by Gasteiger charge is 2.30. The second kappa shape index (κ2) is 12.1. The van der Waals surface area contributed by atoms with Crippen molar-refractivity contribution < 1.29 is 23.9 Å². The number of carbonyl (C=O) groups excluding carboxylic acids is 3. The molecule has 0 aromatic heterocycles. The summed E-state index contributed by atoms with van der Waals surface area (Å²) in [5.74, 6) is -0.666. The average Bonchev–Trinajstić information content (AvgIpc) is 2.83. The summed E-state index contributed by atoms with van der Waals surface area (Å²) in [6.07, 6.45) is 3.95. The van der Waals surface area contributed by atoms with Crippen LogP contribution in [-0.2, 0) is 20.4 Å². The van der Waals surface area contributed by atoms with Gasteiger partial charge in [-0.3, -0.25) is 9.59 Å². The highest BCUT2D eigenvalue weighted by Crippen LogP contribution is 2.40. The maximum Gasteiger partial charge on any atom is 0.513 e. The SMILES string of the molecule is COC(=O)Oc1cc(NC(=O)/C(=C\N(C)C)C(=O)c2ccccc2NC2CCC2)c(C(C)(C)C)cc1C(C)(C)C. The number of nitrogens with zero attached hydrogens (tertiary/aromatic N) is 1. The van der Waals surface area contributed by atoms with E-state index in [0.717, 1.165) is 30.4 Å². The van der Waals surface area contributed by atoms with Gasteiger partial charge in [0.05, 0.1) is 7.11 Å². The van der Waals surface area contributed by atoms with Crippen LogP contribution >= 0.6 is 0 Å². The van der Waals surface area contributed by atoms with Crippen LogP contribution in [0.5, 0.6) is 5.75 Å². The molecule has 2 N–H and O–H groups in total. The van der Waals surface area contributed by atoms with Gasteiger partial charge in [-0.05, 0) is 53.9 Å². The number of rotatable bonds is 8. The molecule has 8 heteroatoms. The molecule has 1 aliphatic rings. The molecule has 3 rings (SSSR count). The number of ketones is 1. The first-order valence-electron chi connectivity index (χ1n) is 13.7. The average molecular weight is 550 g/mol. The van der Waals surface area contributed by atoms with E-state index in [1.165, 1.54) is 13.3 Å². The standard InChI is InChI=1S/C32H43N3O5/c1-31(2,3)23-17-24(32(4,5)6)27(40-30(38)39-9)18-26(23)34-29(37)22(19-35(7)8)28(36)21-15-10-11-16-25(21)33-20-13-12-14-20/h10-11,15-20,33H,12-14H2,1-9H3,(H,34,37)/b22-19-. The van der Waals surface area contributed by atoms with E-state index in [9.17, 15) is 14.4 Å². The Balaban J connectivity index is 2.07. The van der Waals surface area contributed by atoms with E-state index < -0.39 is 12.1 Å². The second-order valence-electron chi connectivity index (χ2n) is 12.6. The Labute approximate surface area is 238 Å². The molecule has 1 fully saturated rings. The van der Waals surface area contributed by atoms with E-state index in [2.05, 4.69) is 10.6 Å². The molecular weight excluding hydrogens is 506 g/mol. The number of Topliss-reactive ketones (excluding diaryl/α,β-unsaturated/α-hetero) is 1. The number of para-hydroxylation sites is 1. The van der Waals surface area contributed by atoms with Gasteiger partial charge < -0.3 is 25.0 Å². The Kier molecular flexibility index (Phi) is 9.33. The van der Waals surface area contributed by atoms with Gasteiger partial charge in [-0.15, -0.1) is 0 Å². The molecule has 0 heterocycles. The lowest BCUT2D eigenvalue weighted by Gasteiger charge is -2.29. The number of methoxy groups -OCH3 is 1. The van der Waals surface area contributed by atoms with Crippen LogP contribution < -0.4 is 15.4 Å². The van der Waals surface area contributed by atoms with Gasteiger partial charge in [-0.25, -0.2) is 4.79 Å². The predicted octanol–water partition coefficient (Wildman–Crippen LogP) is 6.66. The Morgan fingerprint density at radius 2 is 1.55 bits per heavy atom. The summed E-state index contributed by atoms with van der Waals surface area (Å²) in [5.41, 5.74) is 2.48. The van der Waals surface area contributed by atoms with Crippen LogP contribution in [-0.4, -0.2) is 50.0 Å². The van der Waals surface area contributed by atoms with Crippen LogP contribution in [0, 0.1) is 0 Å². The van der Waals surface area contributed by atoms with E-state index in [1.807, 2.05) is 59.7 Å². The summed E-state index contributed by atoms with van der Waals surface area (Å²) in [6, 6.07) is 11.2. The van der Waals surface area contributed by atoms with Crippen LogP contribution in [0.1, 0.15) is 82.3 Å². The quantitative estimate of drug-likeness (QED) is 0.0949. The highest BCUT2D eigenvalue weighted by atomic mass is 16.7. The molecule has 0 bridgehead atoms. The van der Waals surface area contributed by atoms with E-state index in [4.69, 9.17) is 9.47 Å². The van der Waals surface area contributed by atoms with Crippen LogP contribution in [0.3, 0.4) is 0 Å². The van der Waals surface area contributed by atoms with Crippen molar-refractivity contribution in [1.82, 2.24) is 4.90 Å². The third-order valence-corrected chi connectivity index (χ3v) is 6.86. The number of hydrogen-bond donors (Lipinski definition) is 2. The number of ether oxygens (including phenoxy) is 2. The van der Waals surface area contributed by atoms with Crippen molar-refractivity contribution in [2.45, 2.75) is 77.7 Å². The van der Waals surface area contributed by atoms with Crippen molar-refractivity contribution in [1.29, 1.82) is 0 Å². The zero-order valence-corrected chi connectivity index (χ0v) is 25.2. The Bertz CT molecular complexity index is 1290. The molecule has 8 nitrogen and oxygen atoms in total. The molecule has 1 amide bonds. The first-order chi connectivity index (χ1) is 18.6. The highest BCUT2D eigenvalue weighted by molar-refractivity contribution is 6.30. The van der Waals surface area contributed by atoms with Crippen LogP contribution in [0.25, 0.3) is 0 Å². The van der Waals surface area contributed by atoms with Crippen LogP contribution in [0.2, 0.25) is 0 Å². The minimum atomic E-state index is -0.856. The Hall–Kier alpha value is -3.81. The van der Waals surface area contributed by atoms with Gasteiger partial charge in [0.25, 0.3) is 5.91 Å². The maximum atomic E-state index is 13.9. The summed E-state index contributed by atoms with van der Waals surface area (Å²) in [6.45, 7) is 12.2. The van der Waals surface area contributed by atoms with Crippen molar-refractivity contribution in [2.24, 2.45) is 0 Å². The Morgan fingerprint density at radius 3 is 2.08 bits per heavy atom. The van der Waals surface area contributed by atoms with Gasteiger partial charge in [0.15, 0.2) is 0 Å². The smallest absolute Gasteiger partial charge is 0.437 e. The summed E-state index contributed by atoms with van der Waals surface area (Å²) >= 11 is 0. The molecule has 0 atom stereocenters. The fourth-order valence-corrected chi connectivity index (χ4v) is 4.50. The number of carbonyl (C=O) groups is 3. The van der Waals surface area contributed by atoms with Gasteiger partial charge in [0.1, 0.15) is 11.3 Å². The number of benzene rings is 2. The third-order valence-electron chi connectivity index (χ3n) is 6.86. The number of anilines is 2. The van der Waals surface area contributed by atoms with Crippen molar-refractivity contribution in [2.75, 3.05) is 31.8 Å². The second-order valence-corrected chi connectivity index (χ2v) is 12.6. The zero-order valence-electron chi connectivity index (χ0n) is 25.2.